The maximum Gasteiger partial charge on any atom is 0.306 e. The zero-order valence-corrected chi connectivity index (χ0v) is 51.1. The molecule has 0 saturated carbocycles. The van der Waals surface area contributed by atoms with Gasteiger partial charge in [0.2, 0.25) is 0 Å². The summed E-state index contributed by atoms with van der Waals surface area (Å²) in [4.78, 5) is 38.3. The van der Waals surface area contributed by atoms with Crippen molar-refractivity contribution in [3.05, 3.63) is 146 Å². The van der Waals surface area contributed by atoms with Crippen LogP contribution in [0.4, 0.5) is 0 Å². The fraction of sp³-hybridized carbons (Fsp3) is 0.630. The topological polar surface area (TPSA) is 78.9 Å². The van der Waals surface area contributed by atoms with E-state index in [0.29, 0.717) is 19.3 Å². The molecule has 0 radical (unpaired) electrons. The van der Waals surface area contributed by atoms with Gasteiger partial charge in [0.15, 0.2) is 6.10 Å². The molecule has 1 unspecified atom stereocenters. The summed E-state index contributed by atoms with van der Waals surface area (Å²) in [6.45, 7) is 6.34. The van der Waals surface area contributed by atoms with Crippen molar-refractivity contribution in [1.29, 1.82) is 0 Å². The Bertz CT molecular complexity index is 1730. The molecule has 0 spiro atoms. The molecular formula is C73H118O6. The van der Waals surface area contributed by atoms with Crippen LogP contribution >= 0.6 is 0 Å². The smallest absolute Gasteiger partial charge is 0.306 e. The van der Waals surface area contributed by atoms with E-state index in [1.165, 1.54) is 109 Å². The molecule has 6 heteroatoms. The quantitative estimate of drug-likeness (QED) is 0.0261. The lowest BCUT2D eigenvalue weighted by Gasteiger charge is -2.18. The summed E-state index contributed by atoms with van der Waals surface area (Å²) in [5.41, 5.74) is 0. The van der Waals surface area contributed by atoms with E-state index in [0.717, 1.165) is 122 Å². The molecule has 0 amide bonds. The first-order valence-corrected chi connectivity index (χ1v) is 32.3. The summed E-state index contributed by atoms with van der Waals surface area (Å²) < 4.78 is 16.8. The van der Waals surface area contributed by atoms with Crippen molar-refractivity contribution in [1.82, 2.24) is 0 Å². The summed E-state index contributed by atoms with van der Waals surface area (Å²) in [6, 6.07) is 0. The van der Waals surface area contributed by atoms with Crippen molar-refractivity contribution in [3.8, 4) is 0 Å². The molecule has 0 saturated heterocycles. The lowest BCUT2D eigenvalue weighted by Crippen LogP contribution is -2.30. The van der Waals surface area contributed by atoms with E-state index in [2.05, 4.69) is 161 Å². The summed E-state index contributed by atoms with van der Waals surface area (Å²) in [5, 5.41) is 0. The molecule has 0 aliphatic rings. The van der Waals surface area contributed by atoms with Crippen molar-refractivity contribution < 1.29 is 28.6 Å². The minimum absolute atomic E-state index is 0.117. The number of ether oxygens (including phenoxy) is 3. The zero-order valence-electron chi connectivity index (χ0n) is 51.1. The number of carbonyl (C=O) groups excluding carboxylic acids is 3. The first-order valence-electron chi connectivity index (χ1n) is 32.3. The van der Waals surface area contributed by atoms with Gasteiger partial charge in [-0.05, 0) is 128 Å². The second-order valence-electron chi connectivity index (χ2n) is 20.9. The van der Waals surface area contributed by atoms with Gasteiger partial charge < -0.3 is 14.2 Å². The van der Waals surface area contributed by atoms with Crippen molar-refractivity contribution in [2.45, 2.75) is 284 Å². The third-order valence-corrected chi connectivity index (χ3v) is 13.3. The predicted molar refractivity (Wildman–Crippen MR) is 343 cm³/mol. The highest BCUT2D eigenvalue weighted by atomic mass is 16.6. The molecule has 0 aromatic rings. The SMILES string of the molecule is CC/C=C\C/C=C\C/C=C\C/C=C\C/C=C\C/C=C\CCC(=O)OC(COC(=O)CCCCCCC/C=C\CCCCCCCC)COC(=O)CCCCCCCCCCCCC/C=C\C/C=C\C/C=C\C/C=C\C/C=C\CC. The number of carbonyl (C=O) groups is 3. The van der Waals surface area contributed by atoms with Crippen LogP contribution in [0, 0.1) is 0 Å². The maximum atomic E-state index is 12.9. The highest BCUT2D eigenvalue weighted by molar-refractivity contribution is 5.71. The molecule has 6 nitrogen and oxygen atoms in total. The molecule has 0 aromatic heterocycles. The number of hydrogen-bond acceptors (Lipinski definition) is 6. The van der Waals surface area contributed by atoms with Crippen LogP contribution in [0.3, 0.4) is 0 Å². The Labute approximate surface area is 487 Å². The van der Waals surface area contributed by atoms with Crippen LogP contribution in [0.2, 0.25) is 0 Å². The molecule has 446 valence electrons. The molecular weight excluding hydrogens is 973 g/mol. The van der Waals surface area contributed by atoms with E-state index in [1.807, 2.05) is 6.08 Å². The first kappa shape index (κ1) is 74.3. The molecule has 0 bridgehead atoms. The van der Waals surface area contributed by atoms with Crippen molar-refractivity contribution in [2.75, 3.05) is 13.2 Å². The average Bonchev–Trinajstić information content (AvgIpc) is 3.45. The minimum atomic E-state index is -0.830. The molecule has 0 aromatic carbocycles. The van der Waals surface area contributed by atoms with Gasteiger partial charge in [0.1, 0.15) is 13.2 Å². The Balaban J connectivity index is 4.44. The van der Waals surface area contributed by atoms with Gasteiger partial charge >= 0.3 is 17.9 Å². The van der Waals surface area contributed by atoms with Crippen LogP contribution in [0.25, 0.3) is 0 Å². The highest BCUT2D eigenvalue weighted by Gasteiger charge is 2.19. The Morgan fingerprint density at radius 3 is 0.835 bits per heavy atom. The third-order valence-electron chi connectivity index (χ3n) is 13.3. The molecule has 0 rings (SSSR count). The summed E-state index contributed by atoms with van der Waals surface area (Å²) >= 11 is 0. The number of allylic oxidation sites excluding steroid dienone is 24. The Morgan fingerprint density at radius 1 is 0.266 bits per heavy atom. The maximum absolute atomic E-state index is 12.9. The van der Waals surface area contributed by atoms with E-state index in [-0.39, 0.29) is 31.6 Å². The zero-order chi connectivity index (χ0) is 57.1. The number of hydrogen-bond donors (Lipinski definition) is 0. The monoisotopic (exact) mass is 1090 g/mol. The lowest BCUT2D eigenvalue weighted by molar-refractivity contribution is -0.166. The predicted octanol–water partition coefficient (Wildman–Crippen LogP) is 22.3. The molecule has 0 N–H and O–H groups in total. The van der Waals surface area contributed by atoms with Crippen LogP contribution < -0.4 is 0 Å². The van der Waals surface area contributed by atoms with Crippen molar-refractivity contribution >= 4 is 17.9 Å². The largest absolute Gasteiger partial charge is 0.462 e. The van der Waals surface area contributed by atoms with Gasteiger partial charge in [-0.1, -0.05) is 276 Å². The molecule has 0 aliphatic carbocycles. The van der Waals surface area contributed by atoms with E-state index in [1.54, 1.807) is 0 Å². The van der Waals surface area contributed by atoms with Crippen molar-refractivity contribution in [2.24, 2.45) is 0 Å². The van der Waals surface area contributed by atoms with E-state index < -0.39 is 12.1 Å². The number of rotatable bonds is 57. The molecule has 0 fully saturated rings. The normalized spacial score (nSPS) is 13.1. The van der Waals surface area contributed by atoms with Gasteiger partial charge in [-0.2, -0.15) is 0 Å². The Hall–Kier alpha value is -4.71. The second-order valence-corrected chi connectivity index (χ2v) is 20.9. The second kappa shape index (κ2) is 65.8. The van der Waals surface area contributed by atoms with Gasteiger partial charge in [0.25, 0.3) is 0 Å². The lowest BCUT2D eigenvalue weighted by atomic mass is 10.0. The minimum Gasteiger partial charge on any atom is -0.462 e. The molecule has 0 aliphatic heterocycles. The fourth-order valence-corrected chi connectivity index (χ4v) is 8.55. The molecule has 79 heavy (non-hydrogen) atoms. The fourth-order valence-electron chi connectivity index (χ4n) is 8.55. The van der Waals surface area contributed by atoms with Gasteiger partial charge in [0.05, 0.1) is 0 Å². The number of unbranched alkanes of at least 4 members (excludes halogenated alkanes) is 22. The highest BCUT2D eigenvalue weighted by Crippen LogP contribution is 2.15. The average molecular weight is 1090 g/mol. The van der Waals surface area contributed by atoms with Crippen LogP contribution in [-0.4, -0.2) is 37.2 Å². The summed E-state index contributed by atoms with van der Waals surface area (Å²) in [5.74, 6) is -1.01. The van der Waals surface area contributed by atoms with Crippen molar-refractivity contribution in [3.63, 3.8) is 0 Å². The van der Waals surface area contributed by atoms with Gasteiger partial charge in [-0.15, -0.1) is 0 Å². The number of esters is 3. The molecule has 1 atom stereocenters. The van der Waals surface area contributed by atoms with Crippen LogP contribution in [0.15, 0.2) is 146 Å². The van der Waals surface area contributed by atoms with E-state index in [4.69, 9.17) is 14.2 Å². The van der Waals surface area contributed by atoms with Gasteiger partial charge in [-0.25, -0.2) is 0 Å². The summed E-state index contributed by atoms with van der Waals surface area (Å²) in [7, 11) is 0. The van der Waals surface area contributed by atoms with Crippen LogP contribution in [0.5, 0.6) is 0 Å². The van der Waals surface area contributed by atoms with E-state index >= 15 is 0 Å². The van der Waals surface area contributed by atoms with E-state index in [9.17, 15) is 14.4 Å². The molecule has 0 heterocycles. The van der Waals surface area contributed by atoms with Crippen LogP contribution in [-0.2, 0) is 28.6 Å². The van der Waals surface area contributed by atoms with Gasteiger partial charge in [-0.3, -0.25) is 14.4 Å². The Kier molecular flexibility index (Phi) is 61.9. The first-order chi connectivity index (χ1) is 39.0. The standard InChI is InChI=1S/C73H118O6/c1-4-7-10-13-16-19-22-25-28-30-32-33-34-35-36-37-38-39-41-42-45-48-51-54-57-60-63-66-72(75)78-69-70(68-77-71(74)65-62-59-56-53-50-47-44-27-24-21-18-15-12-9-6-3)79-73(76)67-64-61-58-55-52-49-46-43-40-31-29-26-23-20-17-14-11-8-5-2/h7-8,10-11,16-17,19-20,25-29,32-33,35-36,40,43-44,49,52,58,61,70H,4-6,9,12-15,18,21-24,30-31,34,37-39,41-42,45-48,50-51,53-57,59-60,62-69H2,1-3H3/b10-7-,11-8-,19-16-,20-17-,28-25-,29-26-,33-32-,36-35-,43-40-,44-27-,52-49-,61-58-. The summed E-state index contributed by atoms with van der Waals surface area (Å²) in [6.07, 6.45) is 94.4. The van der Waals surface area contributed by atoms with Gasteiger partial charge in [0, 0.05) is 19.3 Å². The third kappa shape index (κ3) is 64.0. The van der Waals surface area contributed by atoms with Crippen LogP contribution in [0.1, 0.15) is 278 Å². The Morgan fingerprint density at radius 2 is 0.519 bits per heavy atom.